The van der Waals surface area contributed by atoms with E-state index in [4.69, 9.17) is 4.74 Å². The molecule has 0 aliphatic heterocycles. The Labute approximate surface area is 94.8 Å². The van der Waals surface area contributed by atoms with Crippen molar-refractivity contribution in [3.05, 3.63) is 0 Å². The fourth-order valence-electron chi connectivity index (χ4n) is 2.47. The number of ether oxygens (including phenoxy) is 1. The van der Waals surface area contributed by atoms with Crippen molar-refractivity contribution in [1.29, 1.82) is 0 Å². The molecule has 0 aromatic heterocycles. The zero-order chi connectivity index (χ0) is 10.9. The fourth-order valence-corrected chi connectivity index (χ4v) is 2.47. The largest absolute Gasteiger partial charge is 0.380 e. The van der Waals surface area contributed by atoms with Gasteiger partial charge in [-0.25, -0.2) is 0 Å². The summed E-state index contributed by atoms with van der Waals surface area (Å²) in [5, 5.41) is 3.62. The molecule has 15 heavy (non-hydrogen) atoms. The topological polar surface area (TPSA) is 21.3 Å². The van der Waals surface area contributed by atoms with Gasteiger partial charge in [-0.15, -0.1) is 0 Å². The summed E-state index contributed by atoms with van der Waals surface area (Å²) >= 11 is 0. The molecule has 2 unspecified atom stereocenters. The lowest BCUT2D eigenvalue weighted by atomic mass is 9.98. The first-order valence-corrected chi connectivity index (χ1v) is 6.68. The van der Waals surface area contributed by atoms with Crippen LogP contribution in [-0.2, 0) is 4.74 Å². The Kier molecular flexibility index (Phi) is 7.03. The molecule has 0 saturated heterocycles. The quantitative estimate of drug-likeness (QED) is 0.541. The van der Waals surface area contributed by atoms with E-state index < -0.39 is 0 Å². The average Bonchev–Trinajstić information content (AvgIpc) is 2.49. The van der Waals surface area contributed by atoms with Gasteiger partial charge in [0.1, 0.15) is 0 Å². The van der Waals surface area contributed by atoms with Gasteiger partial charge in [0.05, 0.1) is 6.61 Å². The van der Waals surface area contributed by atoms with E-state index in [1.54, 1.807) is 0 Å². The van der Waals surface area contributed by atoms with Crippen LogP contribution < -0.4 is 5.32 Å². The lowest BCUT2D eigenvalue weighted by Crippen LogP contribution is -2.31. The van der Waals surface area contributed by atoms with Crippen molar-refractivity contribution >= 4 is 0 Å². The van der Waals surface area contributed by atoms with Gasteiger partial charge in [-0.3, -0.25) is 0 Å². The minimum Gasteiger partial charge on any atom is -0.380 e. The Morgan fingerprint density at radius 2 is 2.00 bits per heavy atom. The van der Waals surface area contributed by atoms with Gasteiger partial charge in [0.2, 0.25) is 0 Å². The first-order valence-electron chi connectivity index (χ1n) is 6.68. The second kappa shape index (κ2) is 8.12. The maximum absolute atomic E-state index is 5.34. The SMILES string of the molecule is CCOCCNC1CCCC(CC)CC1. The minimum atomic E-state index is 0.752. The molecule has 0 bridgehead atoms. The molecule has 1 aliphatic rings. The molecule has 2 nitrogen and oxygen atoms in total. The van der Waals surface area contributed by atoms with Crippen LogP contribution in [-0.4, -0.2) is 25.8 Å². The van der Waals surface area contributed by atoms with E-state index >= 15 is 0 Å². The molecule has 1 aliphatic carbocycles. The Morgan fingerprint density at radius 3 is 2.73 bits per heavy atom. The highest BCUT2D eigenvalue weighted by atomic mass is 16.5. The fraction of sp³-hybridized carbons (Fsp3) is 1.00. The van der Waals surface area contributed by atoms with Crippen molar-refractivity contribution in [3.63, 3.8) is 0 Å². The summed E-state index contributed by atoms with van der Waals surface area (Å²) in [6.45, 7) is 7.11. The Bertz CT molecular complexity index is 149. The van der Waals surface area contributed by atoms with Crippen LogP contribution in [0, 0.1) is 5.92 Å². The van der Waals surface area contributed by atoms with Gasteiger partial charge in [-0.1, -0.05) is 26.2 Å². The Morgan fingerprint density at radius 1 is 1.13 bits per heavy atom. The van der Waals surface area contributed by atoms with Gasteiger partial charge in [0.15, 0.2) is 0 Å². The van der Waals surface area contributed by atoms with Gasteiger partial charge >= 0.3 is 0 Å². The van der Waals surface area contributed by atoms with Crippen LogP contribution in [0.3, 0.4) is 0 Å². The number of hydrogen-bond donors (Lipinski definition) is 1. The Hall–Kier alpha value is -0.0800. The molecule has 90 valence electrons. The van der Waals surface area contributed by atoms with E-state index in [9.17, 15) is 0 Å². The Balaban J connectivity index is 2.08. The first kappa shape index (κ1) is 13.0. The third-order valence-electron chi connectivity index (χ3n) is 3.55. The van der Waals surface area contributed by atoms with Crippen molar-refractivity contribution < 1.29 is 4.74 Å². The molecule has 0 radical (unpaired) electrons. The van der Waals surface area contributed by atoms with E-state index in [-0.39, 0.29) is 0 Å². The summed E-state index contributed by atoms with van der Waals surface area (Å²) in [5.74, 6) is 0.990. The molecule has 1 fully saturated rings. The van der Waals surface area contributed by atoms with Crippen LogP contribution in [0.2, 0.25) is 0 Å². The maximum Gasteiger partial charge on any atom is 0.0590 e. The smallest absolute Gasteiger partial charge is 0.0590 e. The predicted octanol–water partition coefficient (Wildman–Crippen LogP) is 2.97. The van der Waals surface area contributed by atoms with Crippen molar-refractivity contribution in [1.82, 2.24) is 5.32 Å². The second-order valence-electron chi connectivity index (χ2n) is 4.63. The van der Waals surface area contributed by atoms with E-state index in [1.165, 1.54) is 38.5 Å². The van der Waals surface area contributed by atoms with Crippen LogP contribution >= 0.6 is 0 Å². The van der Waals surface area contributed by atoms with Crippen molar-refractivity contribution in [2.45, 2.75) is 58.4 Å². The number of hydrogen-bond acceptors (Lipinski definition) is 2. The molecule has 0 aromatic rings. The van der Waals surface area contributed by atoms with Crippen molar-refractivity contribution in [2.24, 2.45) is 5.92 Å². The van der Waals surface area contributed by atoms with Crippen molar-refractivity contribution in [3.8, 4) is 0 Å². The van der Waals surface area contributed by atoms with E-state index in [2.05, 4.69) is 19.2 Å². The molecule has 1 N–H and O–H groups in total. The zero-order valence-electron chi connectivity index (χ0n) is 10.4. The molecule has 2 heteroatoms. The first-order chi connectivity index (χ1) is 7.36. The van der Waals surface area contributed by atoms with Crippen molar-refractivity contribution in [2.75, 3.05) is 19.8 Å². The zero-order valence-corrected chi connectivity index (χ0v) is 10.4. The molecule has 0 aromatic carbocycles. The highest BCUT2D eigenvalue weighted by Crippen LogP contribution is 2.25. The second-order valence-corrected chi connectivity index (χ2v) is 4.63. The molecule has 0 amide bonds. The summed E-state index contributed by atoms with van der Waals surface area (Å²) in [4.78, 5) is 0. The van der Waals surface area contributed by atoms with Gasteiger partial charge < -0.3 is 10.1 Å². The lowest BCUT2D eigenvalue weighted by molar-refractivity contribution is 0.146. The number of rotatable bonds is 6. The van der Waals surface area contributed by atoms with Gasteiger partial charge in [-0.05, 0) is 32.1 Å². The number of nitrogens with one attached hydrogen (secondary N) is 1. The standard InChI is InChI=1S/C13H27NO/c1-3-12-6-5-7-13(9-8-12)14-10-11-15-4-2/h12-14H,3-11H2,1-2H3. The summed E-state index contributed by atoms with van der Waals surface area (Å²) in [7, 11) is 0. The van der Waals surface area contributed by atoms with E-state index in [1.807, 2.05) is 0 Å². The highest BCUT2D eigenvalue weighted by molar-refractivity contribution is 4.74. The molecular weight excluding hydrogens is 186 g/mol. The maximum atomic E-state index is 5.34. The molecule has 0 spiro atoms. The van der Waals surface area contributed by atoms with Crippen LogP contribution in [0.5, 0.6) is 0 Å². The summed E-state index contributed by atoms with van der Waals surface area (Å²) in [6.07, 6.45) is 8.37. The monoisotopic (exact) mass is 213 g/mol. The van der Waals surface area contributed by atoms with Crippen LogP contribution in [0.4, 0.5) is 0 Å². The molecule has 0 heterocycles. The minimum absolute atomic E-state index is 0.752. The van der Waals surface area contributed by atoms with E-state index in [0.717, 1.165) is 31.7 Å². The summed E-state index contributed by atoms with van der Waals surface area (Å²) in [5.41, 5.74) is 0. The predicted molar refractivity (Wildman–Crippen MR) is 65.1 cm³/mol. The summed E-state index contributed by atoms with van der Waals surface area (Å²) < 4.78 is 5.34. The van der Waals surface area contributed by atoms with Gasteiger partial charge in [0.25, 0.3) is 0 Å². The van der Waals surface area contributed by atoms with Crippen LogP contribution in [0.25, 0.3) is 0 Å². The van der Waals surface area contributed by atoms with E-state index in [0.29, 0.717) is 0 Å². The van der Waals surface area contributed by atoms with Gasteiger partial charge in [0, 0.05) is 19.2 Å². The normalized spacial score (nSPS) is 27.6. The van der Waals surface area contributed by atoms with Crippen LogP contribution in [0.15, 0.2) is 0 Å². The third-order valence-corrected chi connectivity index (χ3v) is 3.55. The van der Waals surface area contributed by atoms with Gasteiger partial charge in [-0.2, -0.15) is 0 Å². The molecule has 1 rings (SSSR count). The van der Waals surface area contributed by atoms with Crippen LogP contribution in [0.1, 0.15) is 52.4 Å². The average molecular weight is 213 g/mol. The lowest BCUT2D eigenvalue weighted by Gasteiger charge is -2.16. The third kappa shape index (κ3) is 5.53. The highest BCUT2D eigenvalue weighted by Gasteiger charge is 2.16. The molecular formula is C13H27NO. The molecule has 1 saturated carbocycles. The molecule has 2 atom stereocenters. The summed E-state index contributed by atoms with van der Waals surface area (Å²) in [6, 6.07) is 0.752.